The number of halogens is 2. The third kappa shape index (κ3) is 10.5. The predicted octanol–water partition coefficient (Wildman–Crippen LogP) is 3.79. The molecule has 0 fully saturated rings. The summed E-state index contributed by atoms with van der Waals surface area (Å²) >= 11 is 12.1. The Morgan fingerprint density at radius 3 is 1.56 bits per heavy atom. The van der Waals surface area contributed by atoms with Crippen LogP contribution >= 0.6 is 23.2 Å². The zero-order valence-corrected chi connectivity index (χ0v) is 31.4. The molecule has 5 rings (SSSR count). The molecule has 0 radical (unpaired) electrons. The molecule has 0 aliphatic heterocycles. The normalized spacial score (nSPS) is 10.7. The lowest BCUT2D eigenvalue weighted by molar-refractivity contribution is -0.142. The van der Waals surface area contributed by atoms with Crippen molar-refractivity contribution in [1.29, 1.82) is 0 Å². The molecule has 0 saturated heterocycles. The van der Waals surface area contributed by atoms with Gasteiger partial charge in [0.2, 0.25) is 17.5 Å². The van der Waals surface area contributed by atoms with E-state index < -0.39 is 36.2 Å². The number of carbonyl (C=O) groups excluding carboxylic acids is 5. The molecule has 0 unspecified atom stereocenters. The summed E-state index contributed by atoms with van der Waals surface area (Å²) in [5.74, 6) is -2.89. The van der Waals surface area contributed by atoms with Gasteiger partial charge in [0.15, 0.2) is 24.1 Å². The van der Waals surface area contributed by atoms with Gasteiger partial charge in [0.1, 0.15) is 5.71 Å². The largest absolute Gasteiger partial charge is 0.466 e. The number of anilines is 3. The molecule has 3 heterocycles. The number of ether oxygens (including phenoxy) is 1. The smallest absolute Gasteiger partial charge is 0.307 e. The number of nitrogens with one attached hydrogen (secondary N) is 4. The maximum Gasteiger partial charge on any atom is 0.307 e. The van der Waals surface area contributed by atoms with E-state index in [0.717, 1.165) is 0 Å². The molecule has 0 aliphatic carbocycles. The number of imidazole rings is 3. The summed E-state index contributed by atoms with van der Waals surface area (Å²) in [5.41, 5.74) is 1.84. The van der Waals surface area contributed by atoms with Gasteiger partial charge < -0.3 is 44.5 Å². The van der Waals surface area contributed by atoms with Crippen molar-refractivity contribution in [1.82, 2.24) is 34.0 Å². The number of rotatable bonds is 15. The van der Waals surface area contributed by atoms with Gasteiger partial charge in [-0.1, -0.05) is 52.6 Å². The Hall–Kier alpha value is -6.53. The number of esters is 1. The van der Waals surface area contributed by atoms with Crippen LogP contribution < -0.4 is 21.3 Å². The predicted molar refractivity (Wildman–Crippen MR) is 202 cm³/mol. The first-order chi connectivity index (χ1) is 26.3. The van der Waals surface area contributed by atoms with Gasteiger partial charge in [-0.3, -0.25) is 24.0 Å². The Bertz CT molecular complexity index is 2200. The summed E-state index contributed by atoms with van der Waals surface area (Å²) in [6, 6.07) is 13.9. The van der Waals surface area contributed by atoms with E-state index in [0.29, 0.717) is 26.9 Å². The molecule has 0 spiro atoms. The highest BCUT2D eigenvalue weighted by Gasteiger charge is 2.22. The highest BCUT2D eigenvalue weighted by Crippen LogP contribution is 2.18. The van der Waals surface area contributed by atoms with Gasteiger partial charge in [0.25, 0.3) is 23.6 Å². The van der Waals surface area contributed by atoms with Crippen LogP contribution in [0.5, 0.6) is 0 Å². The summed E-state index contributed by atoms with van der Waals surface area (Å²) in [5, 5.41) is 15.6. The lowest BCUT2D eigenvalue weighted by Gasteiger charge is -2.08. The minimum atomic E-state index is -0.673. The molecule has 0 atom stereocenters. The molecule has 20 heteroatoms. The van der Waals surface area contributed by atoms with Crippen LogP contribution in [0.4, 0.5) is 17.5 Å². The fraction of sp³-hybridized carbons (Fsp3) is 0.229. The van der Waals surface area contributed by atoms with Crippen molar-refractivity contribution in [2.45, 2.75) is 13.3 Å². The van der Waals surface area contributed by atoms with Crippen LogP contribution in [0.15, 0.2) is 72.3 Å². The lowest BCUT2D eigenvalue weighted by Crippen LogP contribution is -2.28. The first-order valence-electron chi connectivity index (χ1n) is 16.5. The molecule has 4 N–H and O–H groups in total. The Balaban J connectivity index is 1.16. The highest BCUT2D eigenvalue weighted by molar-refractivity contribution is 6.31. The van der Waals surface area contributed by atoms with Gasteiger partial charge in [-0.2, -0.15) is 0 Å². The van der Waals surface area contributed by atoms with Crippen molar-refractivity contribution in [3.8, 4) is 0 Å². The van der Waals surface area contributed by atoms with E-state index in [2.05, 4.69) is 41.4 Å². The number of nitrogens with zero attached hydrogens (tertiary/aromatic N) is 7. The number of aromatic nitrogens is 6. The van der Waals surface area contributed by atoms with E-state index in [9.17, 15) is 24.0 Å². The van der Waals surface area contributed by atoms with Gasteiger partial charge >= 0.3 is 5.97 Å². The zero-order valence-electron chi connectivity index (χ0n) is 29.9. The quantitative estimate of drug-likeness (QED) is 0.0683. The van der Waals surface area contributed by atoms with E-state index in [1.807, 2.05) is 0 Å². The van der Waals surface area contributed by atoms with Crippen molar-refractivity contribution < 1.29 is 33.5 Å². The molecule has 0 saturated carbocycles. The Morgan fingerprint density at radius 2 is 1.11 bits per heavy atom. The number of aryl methyl sites for hydroxylation is 3. The van der Waals surface area contributed by atoms with Gasteiger partial charge in [-0.15, -0.1) is 0 Å². The maximum absolute atomic E-state index is 13.1. The second-order valence-corrected chi connectivity index (χ2v) is 12.5. The summed E-state index contributed by atoms with van der Waals surface area (Å²) in [6.45, 7) is 1.50. The first kappa shape index (κ1) is 39.7. The van der Waals surface area contributed by atoms with E-state index in [1.54, 1.807) is 76.6 Å². The minimum Gasteiger partial charge on any atom is -0.466 e. The van der Waals surface area contributed by atoms with Gasteiger partial charge in [0, 0.05) is 67.5 Å². The molecular formula is C35H35Cl2N11O7. The third-order valence-corrected chi connectivity index (χ3v) is 8.00. The number of hydrogen-bond donors (Lipinski definition) is 4. The summed E-state index contributed by atoms with van der Waals surface area (Å²) < 4.78 is 9.02. The van der Waals surface area contributed by atoms with Gasteiger partial charge in [-0.25, -0.2) is 15.0 Å². The molecule has 286 valence electrons. The number of benzene rings is 2. The molecule has 5 aromatic rings. The van der Waals surface area contributed by atoms with Crippen LogP contribution in [0.3, 0.4) is 0 Å². The fourth-order valence-electron chi connectivity index (χ4n) is 4.97. The van der Waals surface area contributed by atoms with E-state index >= 15 is 0 Å². The van der Waals surface area contributed by atoms with Crippen LogP contribution in [0.1, 0.15) is 56.3 Å². The Morgan fingerprint density at radius 1 is 0.673 bits per heavy atom. The Labute approximate surface area is 323 Å². The maximum atomic E-state index is 13.1. The lowest BCUT2D eigenvalue weighted by atomic mass is 10.0. The topological polar surface area (TPSA) is 218 Å². The fourth-order valence-corrected chi connectivity index (χ4v) is 5.22. The van der Waals surface area contributed by atoms with Crippen molar-refractivity contribution >= 4 is 76.0 Å². The molecule has 55 heavy (non-hydrogen) atoms. The molecule has 4 amide bonds. The molecule has 0 aliphatic rings. The third-order valence-electron chi connectivity index (χ3n) is 7.50. The van der Waals surface area contributed by atoms with Gasteiger partial charge in [0.05, 0.1) is 13.0 Å². The van der Waals surface area contributed by atoms with Crippen LogP contribution in [0.25, 0.3) is 0 Å². The minimum absolute atomic E-state index is 0.00365. The highest BCUT2D eigenvalue weighted by atomic mass is 35.5. The second kappa shape index (κ2) is 18.0. The first-order valence-corrected chi connectivity index (χ1v) is 17.2. The number of amides is 4. The van der Waals surface area contributed by atoms with Crippen molar-refractivity contribution in [2.24, 2.45) is 26.3 Å². The summed E-state index contributed by atoms with van der Waals surface area (Å²) in [6.07, 6.45) is 4.28. The average Bonchev–Trinajstić information content (AvgIpc) is 3.82. The van der Waals surface area contributed by atoms with Crippen LogP contribution in [-0.2, 0) is 40.3 Å². The number of oxime groups is 1. The van der Waals surface area contributed by atoms with Crippen LogP contribution in [0.2, 0.25) is 10.0 Å². The number of carbonyl (C=O) groups is 5. The van der Waals surface area contributed by atoms with Gasteiger partial charge in [-0.05, 0) is 31.2 Å². The summed E-state index contributed by atoms with van der Waals surface area (Å²) in [4.78, 5) is 80.9. The van der Waals surface area contributed by atoms with Crippen LogP contribution in [-0.4, -0.2) is 83.7 Å². The van der Waals surface area contributed by atoms with Crippen molar-refractivity contribution in [3.63, 3.8) is 0 Å². The monoisotopic (exact) mass is 791 g/mol. The Kier molecular flexibility index (Phi) is 13.0. The molecule has 0 bridgehead atoms. The molecule has 18 nitrogen and oxygen atoms in total. The summed E-state index contributed by atoms with van der Waals surface area (Å²) in [7, 11) is 4.67. The van der Waals surface area contributed by atoms with Crippen molar-refractivity contribution in [3.05, 3.63) is 106 Å². The standard InChI is InChI=1S/C35H35Cl2N11O7/c1-5-54-28(50)14-15-38-33(51)30-41-25(17-46(30)2)43-35(53)32-42-26(18-48(32)4)44-34(52)31-40-24(16-47(31)3)39-27(49)19-55-45-29(20-6-10-22(36)11-7-20)21-8-12-23(37)13-9-21/h6-13,16-18H,5,14-15,19H2,1-4H3,(H,38,51)(H,39,49)(H,43,53)(H,44,52). The molecule has 2 aromatic carbocycles. The van der Waals surface area contributed by atoms with E-state index in [1.165, 1.54) is 32.3 Å². The molecule has 3 aromatic heterocycles. The van der Waals surface area contributed by atoms with Crippen molar-refractivity contribution in [2.75, 3.05) is 35.7 Å². The second-order valence-electron chi connectivity index (χ2n) is 11.7. The van der Waals surface area contributed by atoms with Crippen LogP contribution in [0, 0.1) is 0 Å². The number of hydrogen-bond acceptors (Lipinski definition) is 11. The SMILES string of the molecule is CCOC(=O)CCNC(=O)c1nc(NC(=O)c2nc(NC(=O)c3nc(NC(=O)CON=C(c4ccc(Cl)cc4)c4ccc(Cl)cc4)cn3C)cn2C)cn1C. The average molecular weight is 793 g/mol. The van der Waals surface area contributed by atoms with E-state index in [4.69, 9.17) is 32.8 Å². The molecular weight excluding hydrogens is 757 g/mol. The van der Waals surface area contributed by atoms with E-state index in [-0.39, 0.29) is 54.5 Å². The zero-order chi connectivity index (χ0) is 39.6.